The SMILES string of the molecule is CCNCc1cccc(OC)c1OC1CCN(C)C1=O. The number of likely N-dealkylation sites (tertiary alicyclic amines) is 1. The van der Waals surface area contributed by atoms with E-state index >= 15 is 0 Å². The topological polar surface area (TPSA) is 50.8 Å². The molecule has 1 aromatic rings. The van der Waals surface area contributed by atoms with Crippen molar-refractivity contribution < 1.29 is 14.3 Å². The minimum Gasteiger partial charge on any atom is -0.493 e. The fraction of sp³-hybridized carbons (Fsp3) is 0.533. The summed E-state index contributed by atoms with van der Waals surface area (Å²) in [7, 11) is 3.41. The quantitative estimate of drug-likeness (QED) is 0.855. The van der Waals surface area contributed by atoms with Gasteiger partial charge >= 0.3 is 0 Å². The molecule has 0 bridgehead atoms. The normalized spacial score (nSPS) is 18.4. The van der Waals surface area contributed by atoms with Crippen LogP contribution < -0.4 is 14.8 Å². The van der Waals surface area contributed by atoms with Crippen LogP contribution in [0.2, 0.25) is 0 Å². The Morgan fingerprint density at radius 2 is 2.25 bits per heavy atom. The monoisotopic (exact) mass is 278 g/mol. The van der Waals surface area contributed by atoms with Crippen molar-refractivity contribution in [2.24, 2.45) is 0 Å². The third-order valence-corrected chi connectivity index (χ3v) is 3.48. The predicted molar refractivity (Wildman–Crippen MR) is 77.0 cm³/mol. The zero-order valence-electron chi connectivity index (χ0n) is 12.3. The molecule has 5 nitrogen and oxygen atoms in total. The first kappa shape index (κ1) is 14.7. The van der Waals surface area contributed by atoms with Crippen molar-refractivity contribution in [3.63, 3.8) is 0 Å². The average molecular weight is 278 g/mol. The van der Waals surface area contributed by atoms with Crippen molar-refractivity contribution in [2.45, 2.75) is 26.0 Å². The molecule has 0 spiro atoms. The van der Waals surface area contributed by atoms with E-state index < -0.39 is 6.10 Å². The number of nitrogens with one attached hydrogen (secondary N) is 1. The fourth-order valence-corrected chi connectivity index (χ4v) is 2.30. The Morgan fingerprint density at radius 3 is 2.85 bits per heavy atom. The smallest absolute Gasteiger partial charge is 0.263 e. The van der Waals surface area contributed by atoms with Crippen molar-refractivity contribution in [1.82, 2.24) is 10.2 Å². The third-order valence-electron chi connectivity index (χ3n) is 3.48. The zero-order chi connectivity index (χ0) is 14.5. The molecule has 5 heteroatoms. The molecule has 1 amide bonds. The molecule has 0 aliphatic carbocycles. The average Bonchev–Trinajstić information content (AvgIpc) is 2.78. The summed E-state index contributed by atoms with van der Waals surface area (Å²) in [4.78, 5) is 13.7. The lowest BCUT2D eigenvalue weighted by Gasteiger charge is -2.18. The molecular weight excluding hydrogens is 256 g/mol. The van der Waals surface area contributed by atoms with E-state index in [1.54, 1.807) is 19.1 Å². The largest absolute Gasteiger partial charge is 0.493 e. The van der Waals surface area contributed by atoms with Gasteiger partial charge in [-0.2, -0.15) is 0 Å². The van der Waals surface area contributed by atoms with E-state index in [0.717, 1.165) is 18.7 Å². The summed E-state index contributed by atoms with van der Waals surface area (Å²) in [6.45, 7) is 4.36. The highest BCUT2D eigenvalue weighted by atomic mass is 16.5. The third kappa shape index (κ3) is 3.04. The summed E-state index contributed by atoms with van der Waals surface area (Å²) in [5, 5.41) is 3.27. The molecule has 1 fully saturated rings. The van der Waals surface area contributed by atoms with Crippen molar-refractivity contribution in [1.29, 1.82) is 0 Å². The van der Waals surface area contributed by atoms with Gasteiger partial charge in [-0.25, -0.2) is 0 Å². The number of hydrogen-bond acceptors (Lipinski definition) is 4. The van der Waals surface area contributed by atoms with Crippen molar-refractivity contribution in [3.05, 3.63) is 23.8 Å². The molecule has 1 atom stereocenters. The van der Waals surface area contributed by atoms with Crippen LogP contribution in [-0.2, 0) is 11.3 Å². The molecule has 110 valence electrons. The van der Waals surface area contributed by atoms with Crippen LogP contribution in [0.3, 0.4) is 0 Å². The van der Waals surface area contributed by atoms with Crippen LogP contribution in [0.4, 0.5) is 0 Å². The van der Waals surface area contributed by atoms with Gasteiger partial charge in [0.25, 0.3) is 5.91 Å². The van der Waals surface area contributed by atoms with Gasteiger partial charge in [0.05, 0.1) is 7.11 Å². The molecular formula is C15H22N2O3. The van der Waals surface area contributed by atoms with Gasteiger partial charge in [0.15, 0.2) is 17.6 Å². The van der Waals surface area contributed by atoms with Crippen LogP contribution in [0, 0.1) is 0 Å². The molecule has 20 heavy (non-hydrogen) atoms. The summed E-state index contributed by atoms with van der Waals surface area (Å²) in [6.07, 6.45) is 0.310. The van der Waals surface area contributed by atoms with E-state index in [1.165, 1.54) is 0 Å². The van der Waals surface area contributed by atoms with Gasteiger partial charge < -0.3 is 19.7 Å². The molecule has 1 heterocycles. The molecule has 1 aliphatic heterocycles. The Kier molecular flexibility index (Phi) is 4.84. The van der Waals surface area contributed by atoms with E-state index in [-0.39, 0.29) is 5.91 Å². The maximum atomic E-state index is 12.0. The molecule has 0 radical (unpaired) electrons. The van der Waals surface area contributed by atoms with Gasteiger partial charge in [0, 0.05) is 32.1 Å². The Balaban J connectivity index is 2.21. The fourth-order valence-electron chi connectivity index (χ4n) is 2.30. The van der Waals surface area contributed by atoms with E-state index in [9.17, 15) is 4.79 Å². The van der Waals surface area contributed by atoms with E-state index in [4.69, 9.17) is 9.47 Å². The van der Waals surface area contributed by atoms with Gasteiger partial charge in [-0.1, -0.05) is 19.1 Å². The number of ether oxygens (including phenoxy) is 2. The number of amides is 1. The van der Waals surface area contributed by atoms with E-state index in [1.807, 2.05) is 18.2 Å². The first-order valence-corrected chi connectivity index (χ1v) is 6.95. The van der Waals surface area contributed by atoms with Crippen molar-refractivity contribution in [2.75, 3.05) is 27.2 Å². The Labute approximate surface area is 119 Å². The summed E-state index contributed by atoms with van der Waals surface area (Å²) in [5.74, 6) is 1.37. The first-order valence-electron chi connectivity index (χ1n) is 6.95. The Bertz CT molecular complexity index is 476. The van der Waals surface area contributed by atoms with Gasteiger partial charge in [-0.15, -0.1) is 0 Å². The summed E-state index contributed by atoms with van der Waals surface area (Å²) >= 11 is 0. The molecule has 0 saturated carbocycles. The molecule has 1 aliphatic rings. The Hall–Kier alpha value is -1.75. The van der Waals surface area contributed by atoms with Crippen LogP contribution in [0.1, 0.15) is 18.9 Å². The highest BCUT2D eigenvalue weighted by Gasteiger charge is 2.32. The second kappa shape index (κ2) is 6.61. The second-order valence-electron chi connectivity index (χ2n) is 4.88. The number of para-hydroxylation sites is 1. The lowest BCUT2D eigenvalue weighted by molar-refractivity contribution is -0.132. The number of carbonyl (C=O) groups is 1. The second-order valence-corrected chi connectivity index (χ2v) is 4.88. The summed E-state index contributed by atoms with van der Waals surface area (Å²) in [6, 6.07) is 5.78. The lowest BCUT2D eigenvalue weighted by atomic mass is 10.1. The summed E-state index contributed by atoms with van der Waals surface area (Å²) < 4.78 is 11.3. The molecule has 1 aromatic carbocycles. The van der Waals surface area contributed by atoms with Gasteiger partial charge in [-0.05, 0) is 12.6 Å². The standard InChI is InChI=1S/C15H22N2O3/c1-4-16-10-11-6-5-7-12(19-3)14(11)20-13-8-9-17(2)15(13)18/h5-7,13,16H,4,8-10H2,1-3H3. The lowest BCUT2D eigenvalue weighted by Crippen LogP contribution is -2.30. The first-order chi connectivity index (χ1) is 9.67. The van der Waals surface area contributed by atoms with Crippen molar-refractivity contribution in [3.8, 4) is 11.5 Å². The minimum atomic E-state index is -0.406. The van der Waals surface area contributed by atoms with Gasteiger partial charge in [-0.3, -0.25) is 4.79 Å². The summed E-state index contributed by atoms with van der Waals surface area (Å²) in [5.41, 5.74) is 1.01. The number of methoxy groups -OCH3 is 1. The molecule has 1 saturated heterocycles. The molecule has 1 N–H and O–H groups in total. The zero-order valence-corrected chi connectivity index (χ0v) is 12.3. The number of rotatable bonds is 6. The van der Waals surface area contributed by atoms with Crippen LogP contribution in [0.5, 0.6) is 11.5 Å². The van der Waals surface area contributed by atoms with Crippen LogP contribution in [0.25, 0.3) is 0 Å². The highest BCUT2D eigenvalue weighted by molar-refractivity contribution is 5.83. The predicted octanol–water partition coefficient (Wildman–Crippen LogP) is 1.41. The van der Waals surface area contributed by atoms with E-state index in [2.05, 4.69) is 12.2 Å². The number of nitrogens with zero attached hydrogens (tertiary/aromatic N) is 1. The number of likely N-dealkylation sites (N-methyl/N-ethyl adjacent to an activating group) is 1. The molecule has 1 unspecified atom stereocenters. The van der Waals surface area contributed by atoms with Crippen LogP contribution >= 0.6 is 0 Å². The van der Waals surface area contributed by atoms with Gasteiger partial charge in [0.1, 0.15) is 0 Å². The Morgan fingerprint density at radius 1 is 1.45 bits per heavy atom. The maximum Gasteiger partial charge on any atom is 0.263 e. The van der Waals surface area contributed by atoms with Crippen LogP contribution in [-0.4, -0.2) is 44.2 Å². The van der Waals surface area contributed by atoms with Gasteiger partial charge in [0.2, 0.25) is 0 Å². The van der Waals surface area contributed by atoms with Crippen molar-refractivity contribution >= 4 is 5.91 Å². The number of benzene rings is 1. The van der Waals surface area contributed by atoms with Crippen LogP contribution in [0.15, 0.2) is 18.2 Å². The molecule has 0 aromatic heterocycles. The number of carbonyl (C=O) groups excluding carboxylic acids is 1. The van der Waals surface area contributed by atoms with E-state index in [0.29, 0.717) is 24.5 Å². The number of hydrogen-bond donors (Lipinski definition) is 1. The highest BCUT2D eigenvalue weighted by Crippen LogP contribution is 2.33. The maximum absolute atomic E-state index is 12.0. The molecule has 2 rings (SSSR count). The minimum absolute atomic E-state index is 0.0327.